The number of nitrogens with zero attached hydrogens (tertiary/aromatic N) is 2. The van der Waals surface area contributed by atoms with Crippen molar-refractivity contribution in [3.8, 4) is 5.75 Å². The summed E-state index contributed by atoms with van der Waals surface area (Å²) in [5, 5.41) is 13.8. The standard InChI is InChI=1S/C30H37F2N3O2.ClH/c1-37-29-14-12-27(13-15-29)33-21-28(36)22-35-19-17-34(18-20-35)16-2-3-30(23-4-8-25(31)9-5-23)24-6-10-26(32)11-7-24;/h4-15,28,30,33,36H,2-3,16-22H2,1H3;1H. The summed E-state index contributed by atoms with van der Waals surface area (Å²) in [6.45, 7) is 5.92. The predicted octanol–water partition coefficient (Wildman–Crippen LogP) is 5.40. The molecule has 3 aromatic carbocycles. The smallest absolute Gasteiger partial charge is 0.123 e. The summed E-state index contributed by atoms with van der Waals surface area (Å²) in [6, 6.07) is 21.0. The molecular formula is C30H38ClF2N3O2. The normalized spacial score (nSPS) is 15.2. The molecule has 0 aliphatic carbocycles. The lowest BCUT2D eigenvalue weighted by Crippen LogP contribution is -2.49. The van der Waals surface area contributed by atoms with E-state index in [0.717, 1.165) is 68.1 Å². The van der Waals surface area contributed by atoms with Crippen molar-refractivity contribution in [1.82, 2.24) is 9.80 Å². The molecule has 1 aliphatic rings. The molecule has 206 valence electrons. The Balaban J connectivity index is 0.00000400. The van der Waals surface area contributed by atoms with Crippen LogP contribution in [0.3, 0.4) is 0 Å². The van der Waals surface area contributed by atoms with Gasteiger partial charge in [-0.25, -0.2) is 8.78 Å². The molecule has 0 aromatic heterocycles. The highest BCUT2D eigenvalue weighted by atomic mass is 35.5. The van der Waals surface area contributed by atoms with Crippen molar-refractivity contribution in [3.63, 3.8) is 0 Å². The Labute approximate surface area is 230 Å². The molecule has 0 radical (unpaired) electrons. The van der Waals surface area contributed by atoms with Crippen LogP contribution in [0.4, 0.5) is 14.5 Å². The number of benzene rings is 3. The van der Waals surface area contributed by atoms with E-state index in [-0.39, 0.29) is 30.0 Å². The third-order valence-corrected chi connectivity index (χ3v) is 7.08. The topological polar surface area (TPSA) is 48.0 Å². The maximum atomic E-state index is 13.5. The number of ether oxygens (including phenoxy) is 1. The molecule has 0 bridgehead atoms. The summed E-state index contributed by atoms with van der Waals surface area (Å²) in [5.41, 5.74) is 3.06. The fourth-order valence-corrected chi connectivity index (χ4v) is 4.94. The average Bonchev–Trinajstić information content (AvgIpc) is 2.92. The number of hydrogen-bond donors (Lipinski definition) is 2. The minimum Gasteiger partial charge on any atom is -0.497 e. The van der Waals surface area contributed by atoms with Crippen LogP contribution in [0.25, 0.3) is 0 Å². The van der Waals surface area contributed by atoms with Crippen molar-refractivity contribution in [2.75, 3.05) is 58.2 Å². The first-order valence-corrected chi connectivity index (χ1v) is 13.0. The summed E-state index contributed by atoms with van der Waals surface area (Å²) in [6.07, 6.45) is 1.46. The molecular weight excluding hydrogens is 508 g/mol. The number of methoxy groups -OCH3 is 1. The Bertz CT molecular complexity index is 1030. The molecule has 0 spiro atoms. The molecule has 3 aromatic rings. The lowest BCUT2D eigenvalue weighted by molar-refractivity contribution is 0.0776. The highest BCUT2D eigenvalue weighted by Crippen LogP contribution is 2.30. The second kappa shape index (κ2) is 15.0. The molecule has 4 rings (SSSR count). The zero-order valence-corrected chi connectivity index (χ0v) is 22.7. The van der Waals surface area contributed by atoms with Gasteiger partial charge in [0.05, 0.1) is 13.2 Å². The Hall–Kier alpha value is -2.71. The van der Waals surface area contributed by atoms with Crippen LogP contribution in [0.5, 0.6) is 5.75 Å². The van der Waals surface area contributed by atoms with Crippen molar-refractivity contribution in [2.45, 2.75) is 24.9 Å². The molecule has 0 saturated carbocycles. The van der Waals surface area contributed by atoms with Gasteiger partial charge in [-0.05, 0) is 79.0 Å². The second-order valence-electron chi connectivity index (χ2n) is 9.70. The van der Waals surface area contributed by atoms with Gasteiger partial charge in [-0.15, -0.1) is 12.4 Å². The van der Waals surface area contributed by atoms with E-state index >= 15 is 0 Å². The summed E-state index contributed by atoms with van der Waals surface area (Å²) in [5.74, 6) is 0.420. The number of hydrogen-bond acceptors (Lipinski definition) is 5. The second-order valence-corrected chi connectivity index (χ2v) is 9.70. The maximum absolute atomic E-state index is 13.5. The van der Waals surface area contributed by atoms with Crippen LogP contribution >= 0.6 is 12.4 Å². The molecule has 1 heterocycles. The highest BCUT2D eigenvalue weighted by Gasteiger charge is 2.20. The zero-order valence-electron chi connectivity index (χ0n) is 21.9. The van der Waals surface area contributed by atoms with Crippen LogP contribution < -0.4 is 10.1 Å². The molecule has 1 fully saturated rings. The predicted molar refractivity (Wildman–Crippen MR) is 151 cm³/mol. The maximum Gasteiger partial charge on any atom is 0.123 e. The first kappa shape index (κ1) is 29.8. The van der Waals surface area contributed by atoms with E-state index in [1.807, 2.05) is 48.5 Å². The zero-order chi connectivity index (χ0) is 26.0. The Morgan fingerprint density at radius 3 is 1.87 bits per heavy atom. The third-order valence-electron chi connectivity index (χ3n) is 7.08. The number of aliphatic hydroxyl groups is 1. The van der Waals surface area contributed by atoms with Crippen molar-refractivity contribution in [1.29, 1.82) is 0 Å². The molecule has 1 aliphatic heterocycles. The molecule has 5 nitrogen and oxygen atoms in total. The molecule has 38 heavy (non-hydrogen) atoms. The Morgan fingerprint density at radius 1 is 0.816 bits per heavy atom. The van der Waals surface area contributed by atoms with Gasteiger partial charge in [0.25, 0.3) is 0 Å². The fraction of sp³-hybridized carbons (Fsp3) is 0.400. The minimum atomic E-state index is -0.444. The minimum absolute atomic E-state index is 0. The first-order valence-electron chi connectivity index (χ1n) is 13.0. The molecule has 1 unspecified atom stereocenters. The van der Waals surface area contributed by atoms with Gasteiger partial charge in [0.15, 0.2) is 0 Å². The number of rotatable bonds is 12. The van der Waals surface area contributed by atoms with Crippen LogP contribution in [0.1, 0.15) is 29.9 Å². The van der Waals surface area contributed by atoms with Gasteiger partial charge in [0.2, 0.25) is 0 Å². The van der Waals surface area contributed by atoms with E-state index in [0.29, 0.717) is 13.1 Å². The van der Waals surface area contributed by atoms with Crippen molar-refractivity contribution >= 4 is 18.1 Å². The van der Waals surface area contributed by atoms with Gasteiger partial charge in [-0.2, -0.15) is 0 Å². The Kier molecular flexibility index (Phi) is 11.8. The number of anilines is 1. The van der Waals surface area contributed by atoms with E-state index in [4.69, 9.17) is 4.74 Å². The average molecular weight is 546 g/mol. The van der Waals surface area contributed by atoms with E-state index in [2.05, 4.69) is 15.1 Å². The van der Waals surface area contributed by atoms with Crippen molar-refractivity contribution in [3.05, 3.63) is 95.6 Å². The van der Waals surface area contributed by atoms with Crippen LogP contribution in [-0.4, -0.2) is 73.9 Å². The summed E-state index contributed by atoms with van der Waals surface area (Å²) in [7, 11) is 1.64. The van der Waals surface area contributed by atoms with E-state index in [1.54, 1.807) is 7.11 Å². The van der Waals surface area contributed by atoms with E-state index in [1.165, 1.54) is 24.3 Å². The van der Waals surface area contributed by atoms with E-state index < -0.39 is 6.10 Å². The number of piperazine rings is 1. The molecule has 0 amide bonds. The molecule has 1 saturated heterocycles. The number of halogens is 3. The number of β-amino-alcohol motifs (C(OH)–C–C–N with tert-alkyl or cyclic N) is 1. The molecule has 1 atom stereocenters. The van der Waals surface area contributed by atoms with Crippen LogP contribution in [0.15, 0.2) is 72.8 Å². The van der Waals surface area contributed by atoms with Gasteiger partial charge >= 0.3 is 0 Å². The van der Waals surface area contributed by atoms with Gasteiger partial charge in [0.1, 0.15) is 17.4 Å². The monoisotopic (exact) mass is 545 g/mol. The molecule has 8 heteroatoms. The Morgan fingerprint density at radius 2 is 1.34 bits per heavy atom. The van der Waals surface area contributed by atoms with Crippen molar-refractivity contribution in [2.24, 2.45) is 0 Å². The van der Waals surface area contributed by atoms with E-state index in [9.17, 15) is 13.9 Å². The summed E-state index contributed by atoms with van der Waals surface area (Å²) >= 11 is 0. The summed E-state index contributed by atoms with van der Waals surface area (Å²) < 4.78 is 32.1. The quantitative estimate of drug-likeness (QED) is 0.319. The number of nitrogens with one attached hydrogen (secondary N) is 1. The highest BCUT2D eigenvalue weighted by molar-refractivity contribution is 5.85. The lowest BCUT2D eigenvalue weighted by atomic mass is 9.87. The fourth-order valence-electron chi connectivity index (χ4n) is 4.94. The lowest BCUT2D eigenvalue weighted by Gasteiger charge is -2.36. The first-order chi connectivity index (χ1) is 18.0. The van der Waals surface area contributed by atoms with Gasteiger partial charge in [-0.3, -0.25) is 4.90 Å². The summed E-state index contributed by atoms with van der Waals surface area (Å²) in [4.78, 5) is 4.78. The van der Waals surface area contributed by atoms with Gasteiger partial charge in [0, 0.05) is 50.9 Å². The SMILES string of the molecule is COc1ccc(NCC(O)CN2CCN(CCCC(c3ccc(F)cc3)c3ccc(F)cc3)CC2)cc1.Cl. The largest absolute Gasteiger partial charge is 0.497 e. The van der Waals surface area contributed by atoms with Crippen molar-refractivity contribution < 1.29 is 18.6 Å². The van der Waals surface area contributed by atoms with Crippen LogP contribution in [0, 0.1) is 11.6 Å². The van der Waals surface area contributed by atoms with Gasteiger partial charge < -0.3 is 20.1 Å². The van der Waals surface area contributed by atoms with Gasteiger partial charge in [-0.1, -0.05) is 24.3 Å². The van der Waals surface area contributed by atoms with Crippen LogP contribution in [0.2, 0.25) is 0 Å². The number of aliphatic hydroxyl groups excluding tert-OH is 1. The van der Waals surface area contributed by atoms with Crippen LogP contribution in [-0.2, 0) is 0 Å². The third kappa shape index (κ3) is 8.95. The molecule has 2 N–H and O–H groups in total.